The van der Waals surface area contributed by atoms with Crippen LogP contribution in [0.2, 0.25) is 0 Å². The zero-order chi connectivity index (χ0) is 15.9. The van der Waals surface area contributed by atoms with Crippen LogP contribution in [0.5, 0.6) is 5.75 Å². The fourth-order valence-corrected chi connectivity index (χ4v) is 2.07. The van der Waals surface area contributed by atoms with Gasteiger partial charge < -0.3 is 15.3 Å². The van der Waals surface area contributed by atoms with Crippen LogP contribution in [0.3, 0.4) is 0 Å². The Kier molecular flexibility index (Phi) is 5.48. The first-order chi connectivity index (χ1) is 10.6. The SMILES string of the molecule is O=C(COc1ccc(Br)cc1/C=N/O)Nc1ccc(F)cc1. The third-order valence-corrected chi connectivity index (χ3v) is 3.15. The van der Waals surface area contributed by atoms with Gasteiger partial charge in [0.25, 0.3) is 5.91 Å². The molecule has 1 amide bonds. The molecule has 0 aliphatic heterocycles. The molecule has 0 atom stereocenters. The molecular formula is C15H12BrFN2O3. The van der Waals surface area contributed by atoms with Gasteiger partial charge in [-0.2, -0.15) is 0 Å². The molecule has 0 heterocycles. The van der Waals surface area contributed by atoms with E-state index in [1.54, 1.807) is 18.2 Å². The van der Waals surface area contributed by atoms with Crippen molar-refractivity contribution in [1.29, 1.82) is 0 Å². The number of hydrogen-bond donors (Lipinski definition) is 2. The summed E-state index contributed by atoms with van der Waals surface area (Å²) < 4.78 is 18.9. The van der Waals surface area contributed by atoms with Crippen LogP contribution < -0.4 is 10.1 Å². The molecule has 0 fully saturated rings. The number of benzene rings is 2. The average Bonchev–Trinajstić information content (AvgIpc) is 2.49. The highest BCUT2D eigenvalue weighted by Crippen LogP contribution is 2.22. The first-order valence-electron chi connectivity index (χ1n) is 6.23. The van der Waals surface area contributed by atoms with E-state index in [0.717, 1.165) is 4.47 Å². The molecule has 2 aromatic carbocycles. The summed E-state index contributed by atoms with van der Waals surface area (Å²) in [6, 6.07) is 10.5. The third-order valence-electron chi connectivity index (χ3n) is 2.66. The highest BCUT2D eigenvalue weighted by atomic mass is 79.9. The predicted octanol–water partition coefficient (Wildman–Crippen LogP) is 3.41. The molecule has 5 nitrogen and oxygen atoms in total. The van der Waals surface area contributed by atoms with Gasteiger partial charge in [0.05, 0.1) is 6.21 Å². The van der Waals surface area contributed by atoms with E-state index in [1.165, 1.54) is 30.5 Å². The van der Waals surface area contributed by atoms with Gasteiger partial charge in [-0.05, 0) is 42.5 Å². The third kappa shape index (κ3) is 4.56. The van der Waals surface area contributed by atoms with Gasteiger partial charge >= 0.3 is 0 Å². The molecule has 0 aliphatic rings. The molecule has 0 bridgehead atoms. The average molecular weight is 367 g/mol. The maximum Gasteiger partial charge on any atom is 0.262 e. The number of oxime groups is 1. The summed E-state index contributed by atoms with van der Waals surface area (Å²) in [7, 11) is 0. The highest BCUT2D eigenvalue weighted by Gasteiger charge is 2.07. The quantitative estimate of drug-likeness (QED) is 0.483. The van der Waals surface area contributed by atoms with E-state index in [2.05, 4.69) is 26.4 Å². The number of ether oxygens (including phenoxy) is 1. The number of anilines is 1. The van der Waals surface area contributed by atoms with Gasteiger partial charge in [-0.15, -0.1) is 0 Å². The number of rotatable bonds is 5. The monoisotopic (exact) mass is 366 g/mol. The maximum absolute atomic E-state index is 12.8. The molecule has 0 aliphatic carbocycles. The summed E-state index contributed by atoms with van der Waals surface area (Å²) in [6.07, 6.45) is 1.21. The van der Waals surface area contributed by atoms with Crippen molar-refractivity contribution in [3.63, 3.8) is 0 Å². The molecular weight excluding hydrogens is 355 g/mol. The molecule has 0 radical (unpaired) electrons. The lowest BCUT2D eigenvalue weighted by atomic mass is 10.2. The Labute approximate surface area is 134 Å². The Morgan fingerprint density at radius 3 is 2.73 bits per heavy atom. The second-order valence-electron chi connectivity index (χ2n) is 4.27. The van der Waals surface area contributed by atoms with Crippen molar-refractivity contribution in [2.24, 2.45) is 5.16 Å². The van der Waals surface area contributed by atoms with Crippen LogP contribution in [-0.4, -0.2) is 23.9 Å². The van der Waals surface area contributed by atoms with Crippen molar-refractivity contribution in [3.05, 3.63) is 58.3 Å². The normalized spacial score (nSPS) is 10.6. The Morgan fingerprint density at radius 2 is 2.05 bits per heavy atom. The lowest BCUT2D eigenvalue weighted by Crippen LogP contribution is -2.20. The number of carbonyl (C=O) groups excluding carboxylic acids is 1. The van der Waals surface area contributed by atoms with Crippen LogP contribution in [0, 0.1) is 5.82 Å². The van der Waals surface area contributed by atoms with Crippen molar-refractivity contribution < 1.29 is 19.1 Å². The molecule has 0 aromatic heterocycles. The molecule has 22 heavy (non-hydrogen) atoms. The summed E-state index contributed by atoms with van der Waals surface area (Å²) >= 11 is 3.29. The lowest BCUT2D eigenvalue weighted by Gasteiger charge is -2.10. The molecule has 2 rings (SSSR count). The smallest absolute Gasteiger partial charge is 0.262 e. The number of nitrogens with one attached hydrogen (secondary N) is 1. The Morgan fingerprint density at radius 1 is 1.32 bits per heavy atom. The van der Waals surface area contributed by atoms with Crippen LogP contribution in [0.1, 0.15) is 5.56 Å². The maximum atomic E-state index is 12.8. The topological polar surface area (TPSA) is 70.9 Å². The van der Waals surface area contributed by atoms with Crippen LogP contribution in [-0.2, 0) is 4.79 Å². The number of hydrogen-bond acceptors (Lipinski definition) is 4. The molecule has 7 heteroatoms. The largest absolute Gasteiger partial charge is 0.483 e. The van der Waals surface area contributed by atoms with Crippen molar-refractivity contribution in [3.8, 4) is 5.75 Å². The van der Waals surface area contributed by atoms with Gasteiger partial charge in [-0.3, -0.25) is 4.79 Å². The number of halogens is 2. The van der Waals surface area contributed by atoms with Gasteiger partial charge in [-0.25, -0.2) is 4.39 Å². The summed E-state index contributed by atoms with van der Waals surface area (Å²) in [5.74, 6) is -0.367. The van der Waals surface area contributed by atoms with E-state index in [9.17, 15) is 9.18 Å². The summed E-state index contributed by atoms with van der Waals surface area (Å²) in [4.78, 5) is 11.8. The Balaban J connectivity index is 1.97. The Hall–Kier alpha value is -2.41. The predicted molar refractivity (Wildman–Crippen MR) is 84.0 cm³/mol. The van der Waals surface area contributed by atoms with E-state index in [1.807, 2.05) is 0 Å². The number of nitrogens with zero attached hydrogens (tertiary/aromatic N) is 1. The van der Waals surface area contributed by atoms with Gasteiger partial charge in [0.15, 0.2) is 6.61 Å². The number of amides is 1. The van der Waals surface area contributed by atoms with Crippen LogP contribution in [0.25, 0.3) is 0 Å². The minimum absolute atomic E-state index is 0.231. The molecule has 0 unspecified atom stereocenters. The van der Waals surface area contributed by atoms with Crippen LogP contribution in [0.4, 0.5) is 10.1 Å². The van der Waals surface area contributed by atoms with Gasteiger partial charge in [0.1, 0.15) is 11.6 Å². The van der Waals surface area contributed by atoms with Crippen molar-refractivity contribution in [2.45, 2.75) is 0 Å². The first-order valence-corrected chi connectivity index (χ1v) is 7.03. The van der Waals surface area contributed by atoms with E-state index in [-0.39, 0.29) is 18.3 Å². The van der Waals surface area contributed by atoms with Crippen LogP contribution >= 0.6 is 15.9 Å². The van der Waals surface area contributed by atoms with Crippen molar-refractivity contribution in [2.75, 3.05) is 11.9 Å². The molecule has 0 saturated carbocycles. The molecule has 2 aromatic rings. The molecule has 0 spiro atoms. The van der Waals surface area contributed by atoms with E-state index in [4.69, 9.17) is 9.94 Å². The lowest BCUT2D eigenvalue weighted by molar-refractivity contribution is -0.118. The zero-order valence-corrected chi connectivity index (χ0v) is 12.9. The Bertz CT molecular complexity index is 690. The van der Waals surface area contributed by atoms with E-state index in [0.29, 0.717) is 17.0 Å². The number of carbonyl (C=O) groups is 1. The molecule has 2 N–H and O–H groups in total. The second-order valence-corrected chi connectivity index (χ2v) is 5.19. The van der Waals surface area contributed by atoms with Crippen molar-refractivity contribution >= 4 is 33.7 Å². The molecule has 0 saturated heterocycles. The summed E-state index contributed by atoms with van der Waals surface area (Å²) in [5.41, 5.74) is 0.995. The standard InChI is InChI=1S/C15H12BrFN2O3/c16-11-1-6-14(10(7-11)8-18-21)22-9-15(20)19-13-4-2-12(17)3-5-13/h1-8,21H,9H2,(H,19,20)/b18-8+. The fraction of sp³-hybridized carbons (Fsp3) is 0.0667. The highest BCUT2D eigenvalue weighted by molar-refractivity contribution is 9.10. The van der Waals surface area contributed by atoms with Gasteiger partial charge in [0, 0.05) is 15.7 Å². The summed E-state index contributed by atoms with van der Waals surface area (Å²) in [5, 5.41) is 14.1. The van der Waals surface area contributed by atoms with E-state index < -0.39 is 0 Å². The minimum Gasteiger partial charge on any atom is -0.483 e. The minimum atomic E-state index is -0.388. The van der Waals surface area contributed by atoms with Crippen LogP contribution in [0.15, 0.2) is 52.1 Å². The summed E-state index contributed by atoms with van der Waals surface area (Å²) in [6.45, 7) is -0.231. The molecule has 114 valence electrons. The fourth-order valence-electron chi connectivity index (χ4n) is 1.69. The zero-order valence-electron chi connectivity index (χ0n) is 11.3. The van der Waals surface area contributed by atoms with Gasteiger partial charge in [0.2, 0.25) is 0 Å². The van der Waals surface area contributed by atoms with Gasteiger partial charge in [-0.1, -0.05) is 21.1 Å². The second kappa shape index (κ2) is 7.56. The first kappa shape index (κ1) is 16.0. The van der Waals surface area contributed by atoms with Crippen molar-refractivity contribution in [1.82, 2.24) is 0 Å². The van der Waals surface area contributed by atoms with E-state index >= 15 is 0 Å².